The predicted molar refractivity (Wildman–Crippen MR) is 77.6 cm³/mol. The summed E-state index contributed by atoms with van der Waals surface area (Å²) in [5.74, 6) is -0.507. The average molecular weight is 304 g/mol. The van der Waals surface area contributed by atoms with Crippen LogP contribution in [-0.4, -0.2) is 11.5 Å². The van der Waals surface area contributed by atoms with Crippen molar-refractivity contribution in [3.8, 4) is 0 Å². The molecule has 0 aliphatic carbocycles. The number of rotatable bonds is 4. The van der Waals surface area contributed by atoms with Crippen molar-refractivity contribution in [1.82, 2.24) is 0 Å². The van der Waals surface area contributed by atoms with E-state index in [9.17, 15) is 13.6 Å². The molecule has 0 unspecified atom stereocenters. The zero-order valence-corrected chi connectivity index (χ0v) is 11.6. The molecule has 0 spiro atoms. The maximum absolute atomic E-state index is 13.1. The Morgan fingerprint density at radius 3 is 2.48 bits per heavy atom. The smallest absolute Gasteiger partial charge is 0.208 e. The Morgan fingerprint density at radius 1 is 1.00 bits per heavy atom. The van der Waals surface area contributed by atoms with E-state index in [1.165, 1.54) is 48.2 Å². The van der Waals surface area contributed by atoms with Gasteiger partial charge in [0.05, 0.1) is 5.75 Å². The number of hydrogen-bond acceptors (Lipinski definition) is 3. The Labute approximate surface area is 123 Å². The van der Waals surface area contributed by atoms with E-state index >= 15 is 0 Å². The number of fused-ring (bicyclic) bond motifs is 1. The second kappa shape index (κ2) is 5.69. The monoisotopic (exact) mass is 304 g/mol. The minimum atomic E-state index is -0.372. The van der Waals surface area contributed by atoms with Gasteiger partial charge in [-0.1, -0.05) is 0 Å². The lowest BCUT2D eigenvalue weighted by Gasteiger charge is -1.99. The van der Waals surface area contributed by atoms with Crippen LogP contribution in [0.1, 0.15) is 10.6 Å². The number of benzene rings is 2. The first-order valence-corrected chi connectivity index (χ1v) is 7.21. The highest BCUT2D eigenvalue weighted by molar-refractivity contribution is 8.00. The second-order valence-electron chi connectivity index (χ2n) is 4.46. The summed E-state index contributed by atoms with van der Waals surface area (Å²) in [5.41, 5.74) is 0.478. The maximum Gasteiger partial charge on any atom is 0.208 e. The third-order valence-corrected chi connectivity index (χ3v) is 3.95. The van der Waals surface area contributed by atoms with Crippen LogP contribution in [0.15, 0.2) is 57.8 Å². The van der Waals surface area contributed by atoms with Crippen molar-refractivity contribution in [2.45, 2.75) is 4.90 Å². The first kappa shape index (κ1) is 13.8. The standard InChI is InChI=1S/C16H10F2O2S/c17-11-1-4-13(5-2-11)21-9-14(19)16-8-10-7-12(18)3-6-15(10)20-16/h1-8H,9H2. The van der Waals surface area contributed by atoms with E-state index in [2.05, 4.69) is 0 Å². The third kappa shape index (κ3) is 3.13. The number of Topliss-reactive ketones (excluding diaryl/α,β-unsaturated/α-hetero) is 1. The van der Waals surface area contributed by atoms with E-state index in [1.54, 1.807) is 12.1 Å². The number of halogens is 2. The molecule has 2 nitrogen and oxygen atoms in total. The Balaban J connectivity index is 1.73. The summed E-state index contributed by atoms with van der Waals surface area (Å²) in [6.45, 7) is 0. The molecule has 0 saturated carbocycles. The fourth-order valence-electron chi connectivity index (χ4n) is 1.90. The van der Waals surface area contributed by atoms with Gasteiger partial charge in [0.2, 0.25) is 5.78 Å². The summed E-state index contributed by atoms with van der Waals surface area (Å²) in [6.07, 6.45) is 0. The lowest BCUT2D eigenvalue weighted by molar-refractivity contribution is 0.0994. The number of ketones is 1. The largest absolute Gasteiger partial charge is 0.453 e. The van der Waals surface area contributed by atoms with Crippen LogP contribution in [0.3, 0.4) is 0 Å². The zero-order valence-electron chi connectivity index (χ0n) is 10.8. The Bertz CT molecular complexity index is 794. The Hall–Kier alpha value is -2.14. The molecule has 0 atom stereocenters. The number of thioether (sulfide) groups is 1. The summed E-state index contributed by atoms with van der Waals surface area (Å²) < 4.78 is 31.3. The summed E-state index contributed by atoms with van der Waals surface area (Å²) in [7, 11) is 0. The van der Waals surface area contributed by atoms with Crippen molar-refractivity contribution < 1.29 is 18.0 Å². The van der Waals surface area contributed by atoms with E-state index in [4.69, 9.17) is 4.42 Å². The molecule has 106 valence electrons. The number of carbonyl (C=O) groups excluding carboxylic acids is 1. The number of furan rings is 1. The van der Waals surface area contributed by atoms with Crippen LogP contribution in [0.4, 0.5) is 8.78 Å². The highest BCUT2D eigenvalue weighted by Crippen LogP contribution is 2.24. The van der Waals surface area contributed by atoms with Crippen LogP contribution in [0, 0.1) is 11.6 Å². The lowest BCUT2D eigenvalue weighted by atomic mass is 10.2. The molecule has 2 aromatic carbocycles. The fourth-order valence-corrected chi connectivity index (χ4v) is 2.67. The fraction of sp³-hybridized carbons (Fsp3) is 0.0625. The van der Waals surface area contributed by atoms with Crippen molar-refractivity contribution in [2.24, 2.45) is 0 Å². The zero-order chi connectivity index (χ0) is 14.8. The minimum Gasteiger partial charge on any atom is -0.453 e. The highest BCUT2D eigenvalue weighted by Gasteiger charge is 2.13. The van der Waals surface area contributed by atoms with Gasteiger partial charge in [-0.2, -0.15) is 0 Å². The third-order valence-electron chi connectivity index (χ3n) is 2.94. The van der Waals surface area contributed by atoms with Crippen LogP contribution < -0.4 is 0 Å². The number of carbonyl (C=O) groups is 1. The van der Waals surface area contributed by atoms with Crippen LogP contribution >= 0.6 is 11.8 Å². The van der Waals surface area contributed by atoms with Crippen LogP contribution in [0.5, 0.6) is 0 Å². The molecule has 0 radical (unpaired) electrons. The van der Waals surface area contributed by atoms with Crippen molar-refractivity contribution in [3.63, 3.8) is 0 Å². The van der Waals surface area contributed by atoms with Gasteiger partial charge in [0.1, 0.15) is 17.2 Å². The van der Waals surface area contributed by atoms with Gasteiger partial charge in [-0.3, -0.25) is 4.79 Å². The first-order valence-electron chi connectivity index (χ1n) is 6.22. The quantitative estimate of drug-likeness (QED) is 0.517. The molecule has 0 saturated heterocycles. The molecule has 1 aromatic heterocycles. The topological polar surface area (TPSA) is 30.2 Å². The van der Waals surface area contributed by atoms with Gasteiger partial charge in [0, 0.05) is 10.3 Å². The van der Waals surface area contributed by atoms with Gasteiger partial charge in [-0.15, -0.1) is 11.8 Å². The van der Waals surface area contributed by atoms with Gasteiger partial charge in [-0.25, -0.2) is 8.78 Å². The van der Waals surface area contributed by atoms with Crippen LogP contribution in [0.25, 0.3) is 11.0 Å². The normalized spacial score (nSPS) is 11.0. The number of hydrogen-bond donors (Lipinski definition) is 0. The van der Waals surface area contributed by atoms with E-state index in [0.29, 0.717) is 11.0 Å². The molecule has 0 fully saturated rings. The summed E-state index contributed by atoms with van der Waals surface area (Å²) in [4.78, 5) is 12.9. The molecule has 5 heteroatoms. The SMILES string of the molecule is O=C(CSc1ccc(F)cc1)c1cc2cc(F)ccc2o1. The molecule has 0 N–H and O–H groups in total. The second-order valence-corrected chi connectivity index (χ2v) is 5.51. The summed E-state index contributed by atoms with van der Waals surface area (Å²) >= 11 is 1.29. The van der Waals surface area contributed by atoms with Gasteiger partial charge in [0.25, 0.3) is 0 Å². The maximum atomic E-state index is 13.1. The molecule has 3 aromatic rings. The molecular weight excluding hydrogens is 294 g/mol. The van der Waals surface area contributed by atoms with Crippen molar-refractivity contribution in [1.29, 1.82) is 0 Å². The van der Waals surface area contributed by atoms with Crippen molar-refractivity contribution in [2.75, 3.05) is 5.75 Å². The molecular formula is C16H10F2O2S. The first-order chi connectivity index (χ1) is 10.1. The summed E-state index contributed by atoms with van der Waals surface area (Å²) in [5, 5.41) is 0.560. The van der Waals surface area contributed by atoms with E-state index in [0.717, 1.165) is 4.90 Å². The van der Waals surface area contributed by atoms with Gasteiger partial charge in [-0.05, 0) is 48.5 Å². The highest BCUT2D eigenvalue weighted by atomic mass is 32.2. The van der Waals surface area contributed by atoms with E-state index in [-0.39, 0.29) is 28.9 Å². The lowest BCUT2D eigenvalue weighted by Crippen LogP contribution is -2.00. The molecule has 0 amide bonds. The average Bonchev–Trinajstić information content (AvgIpc) is 2.89. The predicted octanol–water partition coefficient (Wildman–Crippen LogP) is 4.69. The van der Waals surface area contributed by atoms with E-state index < -0.39 is 0 Å². The van der Waals surface area contributed by atoms with Gasteiger partial charge < -0.3 is 4.42 Å². The van der Waals surface area contributed by atoms with E-state index in [1.807, 2.05) is 0 Å². The molecule has 1 heterocycles. The molecule has 21 heavy (non-hydrogen) atoms. The van der Waals surface area contributed by atoms with Crippen molar-refractivity contribution >= 4 is 28.5 Å². The van der Waals surface area contributed by atoms with Crippen LogP contribution in [0.2, 0.25) is 0 Å². The molecule has 0 aliphatic rings. The van der Waals surface area contributed by atoms with Gasteiger partial charge >= 0.3 is 0 Å². The van der Waals surface area contributed by atoms with Gasteiger partial charge in [0.15, 0.2) is 5.76 Å². The molecule has 0 bridgehead atoms. The minimum absolute atomic E-state index is 0.175. The molecule has 3 rings (SSSR count). The Kier molecular flexibility index (Phi) is 3.75. The van der Waals surface area contributed by atoms with Crippen molar-refractivity contribution in [3.05, 3.63) is 65.9 Å². The summed E-state index contributed by atoms with van der Waals surface area (Å²) in [6, 6.07) is 11.5. The molecule has 0 aliphatic heterocycles. The Morgan fingerprint density at radius 2 is 1.71 bits per heavy atom. The van der Waals surface area contributed by atoms with Crippen LogP contribution in [-0.2, 0) is 0 Å².